The SMILES string of the molecule is C=CC(=O)N1CCN(c2nc(OCC3(CN4CCN(Cc5ccc(-n6c(C(=O)NCC)nnc6-c6cc(C(C)C)c(O)cc6O)cc5)CC4)CC3)nc3c2CCN(c2cccc4cccc(Cl)c24)C3)C[C@@H]1CC#N. The number of aromatic nitrogens is 5. The average molecular weight is 1020 g/mol. The summed E-state index contributed by atoms with van der Waals surface area (Å²) in [5.74, 6) is 0.455. The lowest BCUT2D eigenvalue weighted by molar-refractivity contribution is -0.128. The molecule has 2 aromatic heterocycles. The molecule has 2 amide bonds. The number of halogens is 1. The van der Waals surface area contributed by atoms with Crippen LogP contribution in [-0.2, 0) is 24.3 Å². The maximum absolute atomic E-state index is 13.2. The van der Waals surface area contributed by atoms with Crippen LogP contribution in [0.3, 0.4) is 0 Å². The Labute approximate surface area is 436 Å². The topological polar surface area (TPSA) is 192 Å². The first-order valence-electron chi connectivity index (χ1n) is 25.7. The minimum Gasteiger partial charge on any atom is -0.508 e. The van der Waals surface area contributed by atoms with E-state index in [1.165, 1.54) is 12.1 Å². The van der Waals surface area contributed by atoms with Crippen molar-refractivity contribution >= 4 is 45.7 Å². The number of fused-ring (bicyclic) bond motifs is 2. The van der Waals surface area contributed by atoms with Gasteiger partial charge >= 0.3 is 6.01 Å². The summed E-state index contributed by atoms with van der Waals surface area (Å²) in [5.41, 5.74) is 5.83. The van der Waals surface area contributed by atoms with E-state index in [2.05, 4.69) is 84.2 Å². The van der Waals surface area contributed by atoms with Gasteiger partial charge in [-0.1, -0.05) is 68.4 Å². The van der Waals surface area contributed by atoms with Crippen molar-refractivity contribution in [2.24, 2.45) is 5.41 Å². The monoisotopic (exact) mass is 1020 g/mol. The fraction of sp³-hybridized carbons (Fsp3) is 0.411. The summed E-state index contributed by atoms with van der Waals surface area (Å²) in [6, 6.07) is 25.6. The molecule has 1 aliphatic carbocycles. The number of nitrogens with zero attached hydrogens (tertiary/aromatic N) is 11. The third-order valence-corrected chi connectivity index (χ3v) is 15.4. The van der Waals surface area contributed by atoms with Crippen LogP contribution in [0, 0.1) is 16.7 Å². The minimum atomic E-state index is -0.385. The lowest BCUT2D eigenvalue weighted by Crippen LogP contribution is -2.55. The summed E-state index contributed by atoms with van der Waals surface area (Å²) in [6.07, 6.45) is 4.35. The normalized spacial score (nSPS) is 17.8. The molecule has 0 unspecified atom stereocenters. The first-order valence-corrected chi connectivity index (χ1v) is 26.1. The zero-order valence-electron chi connectivity index (χ0n) is 42.3. The molecule has 4 aliphatic rings. The predicted octanol–water partition coefficient (Wildman–Crippen LogP) is 7.47. The molecule has 0 radical (unpaired) electrons. The standard InChI is InChI=1S/C56H63ClN12O5/c1-5-49(72)68-28-27-67(32-40(68)17-21-58)51-41-18-22-66(46-12-8-10-38-9-7-11-44(57)50(38)46)33-45(41)60-55(61-51)74-35-56(19-20-56)34-65-25-23-64(24-26-65)31-37-13-15-39(16-14-37)69-52(62-63-53(69)54(73)59-6-2)43-29-42(36(3)4)47(70)30-48(43)71/h5,7-16,29-30,36,40,70-71H,1,6,17-20,22-28,31-35H2,2-4H3,(H,59,73)/t40-/m0/s1. The van der Waals surface area contributed by atoms with Gasteiger partial charge in [0.25, 0.3) is 5.91 Å². The first-order chi connectivity index (χ1) is 35.8. The molecule has 3 N–H and O–H groups in total. The first kappa shape index (κ1) is 50.3. The minimum absolute atomic E-state index is 0.00106. The highest BCUT2D eigenvalue weighted by molar-refractivity contribution is 6.36. The van der Waals surface area contributed by atoms with Crippen molar-refractivity contribution in [2.75, 3.05) is 81.9 Å². The maximum atomic E-state index is 13.2. The number of phenols is 2. The maximum Gasteiger partial charge on any atom is 0.318 e. The van der Waals surface area contributed by atoms with Gasteiger partial charge in [0, 0.05) is 106 Å². The molecule has 74 heavy (non-hydrogen) atoms. The molecular weight excluding hydrogens is 956 g/mol. The van der Waals surface area contributed by atoms with E-state index in [1.54, 1.807) is 15.5 Å². The van der Waals surface area contributed by atoms with Crippen LogP contribution < -0.4 is 19.9 Å². The number of anilines is 2. The number of hydrogen-bond donors (Lipinski definition) is 3. The summed E-state index contributed by atoms with van der Waals surface area (Å²) in [5, 5.41) is 45.5. The molecule has 1 saturated carbocycles. The van der Waals surface area contributed by atoms with Crippen LogP contribution in [0.1, 0.15) is 79.0 Å². The van der Waals surface area contributed by atoms with E-state index in [-0.39, 0.29) is 52.9 Å². The Balaban J connectivity index is 0.811. The molecule has 384 valence electrons. The van der Waals surface area contributed by atoms with Gasteiger partial charge in [-0.25, -0.2) is 0 Å². The van der Waals surface area contributed by atoms with Crippen LogP contribution in [0.25, 0.3) is 27.8 Å². The van der Waals surface area contributed by atoms with Gasteiger partial charge < -0.3 is 39.9 Å². The zero-order chi connectivity index (χ0) is 51.7. The molecular formula is C56H63ClN12O5. The van der Waals surface area contributed by atoms with Gasteiger partial charge in [0.15, 0.2) is 5.82 Å². The fourth-order valence-electron chi connectivity index (χ4n) is 10.9. The Bertz CT molecular complexity index is 3120. The number of nitriles is 1. The number of rotatable bonds is 16. The quantitative estimate of drug-likeness (QED) is 0.0809. The predicted molar refractivity (Wildman–Crippen MR) is 285 cm³/mol. The van der Waals surface area contributed by atoms with Gasteiger partial charge in [-0.05, 0) is 85.0 Å². The van der Waals surface area contributed by atoms with Crippen LogP contribution in [0.5, 0.6) is 17.5 Å². The Morgan fingerprint density at radius 2 is 1.70 bits per heavy atom. The van der Waals surface area contributed by atoms with E-state index < -0.39 is 0 Å². The smallest absolute Gasteiger partial charge is 0.318 e. The van der Waals surface area contributed by atoms with Crippen LogP contribution in [0.2, 0.25) is 5.02 Å². The van der Waals surface area contributed by atoms with Crippen molar-refractivity contribution in [3.05, 3.63) is 119 Å². The zero-order valence-corrected chi connectivity index (χ0v) is 43.1. The number of ether oxygens (including phenoxy) is 1. The largest absolute Gasteiger partial charge is 0.508 e. The number of carbonyl (C=O) groups excluding carboxylic acids is 2. The van der Waals surface area contributed by atoms with Crippen LogP contribution in [0.15, 0.2) is 85.5 Å². The van der Waals surface area contributed by atoms with Crippen LogP contribution >= 0.6 is 11.6 Å². The van der Waals surface area contributed by atoms with Crippen molar-refractivity contribution in [3.63, 3.8) is 0 Å². The van der Waals surface area contributed by atoms with Crippen molar-refractivity contribution in [3.8, 4) is 40.7 Å². The Morgan fingerprint density at radius 3 is 2.42 bits per heavy atom. The number of hydrogen-bond acceptors (Lipinski definition) is 14. The molecule has 0 bridgehead atoms. The summed E-state index contributed by atoms with van der Waals surface area (Å²) >= 11 is 6.82. The molecule has 10 rings (SSSR count). The average Bonchev–Trinajstić information content (AvgIpc) is 4.03. The highest BCUT2D eigenvalue weighted by Gasteiger charge is 2.45. The van der Waals surface area contributed by atoms with Crippen molar-refractivity contribution in [1.29, 1.82) is 5.26 Å². The molecule has 3 fully saturated rings. The summed E-state index contributed by atoms with van der Waals surface area (Å²) < 4.78 is 8.32. The Kier molecular flexibility index (Phi) is 14.5. The van der Waals surface area contributed by atoms with E-state index in [9.17, 15) is 25.1 Å². The Morgan fingerprint density at radius 1 is 0.946 bits per heavy atom. The highest BCUT2D eigenvalue weighted by Crippen LogP contribution is 2.47. The van der Waals surface area contributed by atoms with Gasteiger partial charge in [-0.2, -0.15) is 15.2 Å². The van der Waals surface area contributed by atoms with E-state index in [0.29, 0.717) is 79.4 Å². The molecule has 5 heterocycles. The van der Waals surface area contributed by atoms with Gasteiger partial charge in [0.2, 0.25) is 11.7 Å². The second-order valence-corrected chi connectivity index (χ2v) is 20.8. The van der Waals surface area contributed by atoms with Gasteiger partial charge in [0.05, 0.1) is 48.0 Å². The summed E-state index contributed by atoms with van der Waals surface area (Å²) in [7, 11) is 0. The number of phenolic OH excluding ortho intramolecular Hbond substituents is 2. The second kappa shape index (κ2) is 21.3. The third kappa shape index (κ3) is 10.3. The van der Waals surface area contributed by atoms with E-state index in [1.807, 2.05) is 45.0 Å². The molecule has 2 saturated heterocycles. The molecule has 4 aromatic carbocycles. The summed E-state index contributed by atoms with van der Waals surface area (Å²) in [4.78, 5) is 47.6. The Hall–Kier alpha value is -7.26. The summed E-state index contributed by atoms with van der Waals surface area (Å²) in [6.45, 7) is 18.5. The van der Waals surface area contributed by atoms with E-state index >= 15 is 0 Å². The second-order valence-electron chi connectivity index (χ2n) is 20.4. The van der Waals surface area contributed by atoms with Crippen molar-refractivity contribution in [1.82, 2.24) is 44.7 Å². The van der Waals surface area contributed by atoms with Crippen molar-refractivity contribution in [2.45, 2.75) is 71.5 Å². The third-order valence-electron chi connectivity index (χ3n) is 15.1. The molecule has 17 nitrogen and oxygen atoms in total. The molecule has 3 aliphatic heterocycles. The number of amides is 2. The number of aromatic hydroxyl groups is 2. The molecule has 1 atom stereocenters. The molecule has 6 aromatic rings. The number of nitrogens with one attached hydrogen (secondary N) is 1. The van der Waals surface area contributed by atoms with Crippen molar-refractivity contribution < 1.29 is 24.5 Å². The van der Waals surface area contributed by atoms with E-state index in [4.69, 9.17) is 26.3 Å². The lowest BCUT2D eigenvalue weighted by Gasteiger charge is -2.42. The molecule has 0 spiro atoms. The molecule has 18 heteroatoms. The number of benzene rings is 4. The number of piperazine rings is 2. The highest BCUT2D eigenvalue weighted by atomic mass is 35.5. The van der Waals surface area contributed by atoms with Gasteiger partial charge in [0.1, 0.15) is 17.3 Å². The van der Waals surface area contributed by atoms with Gasteiger partial charge in [-0.3, -0.25) is 19.1 Å². The van der Waals surface area contributed by atoms with Crippen LogP contribution in [-0.4, -0.2) is 140 Å². The van der Waals surface area contributed by atoms with E-state index in [0.717, 1.165) is 97.8 Å². The van der Waals surface area contributed by atoms with Gasteiger partial charge in [-0.15, -0.1) is 10.2 Å². The fourth-order valence-corrected chi connectivity index (χ4v) is 11.1. The van der Waals surface area contributed by atoms with Crippen LogP contribution in [0.4, 0.5) is 11.5 Å². The number of carbonyl (C=O) groups is 2. The lowest BCUT2D eigenvalue weighted by atomic mass is 9.98.